The highest BCUT2D eigenvalue weighted by molar-refractivity contribution is 7.81. The van der Waals surface area contributed by atoms with E-state index in [4.69, 9.17) is 17.0 Å². The summed E-state index contributed by atoms with van der Waals surface area (Å²) in [7, 11) is 0. The number of anilines is 3. The molecule has 0 spiro atoms. The average molecular weight is 609 g/mol. The Morgan fingerprint density at radius 3 is 2.41 bits per heavy atom. The number of carbonyl (C=O) groups excluding carboxylic acids is 1. The predicted molar refractivity (Wildman–Crippen MR) is 184 cm³/mol. The molecule has 0 fully saturated rings. The molecule has 0 N–H and O–H groups in total. The molecule has 1 aliphatic carbocycles. The zero-order valence-electron chi connectivity index (χ0n) is 24.5. The number of hydrogen-bond acceptors (Lipinski definition) is 6. The SMILES string of the molecule is CCOC(=O)/C(C#N)=C1/C(=C/c2cc3c(s2)N(c2cccc4ccccc24)c2ccccc2C3(C)C)C(=S)c2ccccc21. The van der Waals surface area contributed by atoms with Gasteiger partial charge in [0.15, 0.2) is 0 Å². The van der Waals surface area contributed by atoms with E-state index in [1.807, 2.05) is 30.3 Å². The van der Waals surface area contributed by atoms with Crippen molar-refractivity contribution in [3.8, 4) is 6.07 Å². The normalized spacial score (nSPS) is 16.7. The Bertz CT molecular complexity index is 2120. The Kier molecular flexibility index (Phi) is 6.81. The fourth-order valence-corrected chi connectivity index (χ4v) is 8.07. The van der Waals surface area contributed by atoms with Crippen LogP contribution in [0, 0.1) is 11.3 Å². The minimum atomic E-state index is -0.639. The van der Waals surface area contributed by atoms with E-state index in [2.05, 4.69) is 97.6 Å². The minimum absolute atomic E-state index is 0.0307. The first-order valence-electron chi connectivity index (χ1n) is 14.5. The topological polar surface area (TPSA) is 53.3 Å². The van der Waals surface area contributed by atoms with Gasteiger partial charge >= 0.3 is 5.97 Å². The number of thiophene rings is 1. The molecule has 4 nitrogen and oxygen atoms in total. The van der Waals surface area contributed by atoms with Crippen molar-refractivity contribution in [1.82, 2.24) is 0 Å². The fraction of sp³-hybridized carbons (Fsp3) is 0.132. The smallest absolute Gasteiger partial charge is 0.349 e. The Balaban J connectivity index is 1.47. The van der Waals surface area contributed by atoms with Gasteiger partial charge in [-0.15, -0.1) is 11.3 Å². The second-order valence-corrected chi connectivity index (χ2v) is 12.8. The maximum atomic E-state index is 13.0. The summed E-state index contributed by atoms with van der Waals surface area (Å²) in [6.07, 6.45) is 2.04. The van der Waals surface area contributed by atoms with Crippen molar-refractivity contribution in [3.63, 3.8) is 0 Å². The summed E-state index contributed by atoms with van der Waals surface area (Å²) in [5.41, 5.74) is 7.27. The molecular weight excluding hydrogens is 581 g/mol. The summed E-state index contributed by atoms with van der Waals surface area (Å²) in [6, 6.07) is 35.6. The van der Waals surface area contributed by atoms with Crippen molar-refractivity contribution in [1.29, 1.82) is 5.26 Å². The first-order valence-corrected chi connectivity index (χ1v) is 15.8. The van der Waals surface area contributed by atoms with Crippen molar-refractivity contribution in [2.24, 2.45) is 0 Å². The highest BCUT2D eigenvalue weighted by Crippen LogP contribution is 2.56. The van der Waals surface area contributed by atoms with E-state index in [0.29, 0.717) is 16.0 Å². The Labute approximate surface area is 266 Å². The third-order valence-corrected chi connectivity index (χ3v) is 10.0. The number of benzene rings is 4. The quantitative estimate of drug-likeness (QED) is 0.0880. The Hall–Kier alpha value is -4.83. The van der Waals surface area contributed by atoms with Gasteiger partial charge in [-0.3, -0.25) is 0 Å². The van der Waals surface area contributed by atoms with Crippen molar-refractivity contribution < 1.29 is 9.53 Å². The summed E-state index contributed by atoms with van der Waals surface area (Å²) in [6.45, 7) is 6.45. The summed E-state index contributed by atoms with van der Waals surface area (Å²) >= 11 is 7.67. The number of nitrogens with zero attached hydrogens (tertiary/aromatic N) is 2. The lowest BCUT2D eigenvalue weighted by Gasteiger charge is -2.40. The molecule has 1 aromatic heterocycles. The van der Waals surface area contributed by atoms with Gasteiger partial charge in [-0.1, -0.05) is 105 Å². The predicted octanol–water partition coefficient (Wildman–Crippen LogP) is 9.67. The number of allylic oxidation sites excluding steroid dienone is 2. The molecule has 44 heavy (non-hydrogen) atoms. The van der Waals surface area contributed by atoms with Crippen molar-refractivity contribution in [2.75, 3.05) is 11.5 Å². The van der Waals surface area contributed by atoms with E-state index >= 15 is 0 Å². The molecule has 0 bridgehead atoms. The number of rotatable bonds is 4. The van der Waals surface area contributed by atoms with Crippen LogP contribution >= 0.6 is 23.6 Å². The van der Waals surface area contributed by atoms with E-state index < -0.39 is 5.97 Å². The standard InChI is InChI=1S/C38H28N2O2S2/c1-4-42-37(41)29(22-39)34-26-15-7-8-16-27(26)35(43)28(34)20-24-21-31-36(44-24)40(33-18-10-9-17-30(33)38(31,2)3)32-19-11-13-23-12-5-6-14-25(23)32/h5-21H,4H2,1-3H3/b28-20-,34-29+. The maximum absolute atomic E-state index is 13.0. The van der Waals surface area contributed by atoms with Crippen molar-refractivity contribution in [3.05, 3.63) is 135 Å². The molecule has 0 amide bonds. The van der Waals surface area contributed by atoms with Gasteiger partial charge in [0.1, 0.15) is 16.6 Å². The highest BCUT2D eigenvalue weighted by atomic mass is 32.1. The average Bonchev–Trinajstić information content (AvgIpc) is 3.58. The second kappa shape index (κ2) is 10.7. The van der Waals surface area contributed by atoms with Gasteiger partial charge in [0.2, 0.25) is 0 Å². The molecule has 0 saturated carbocycles. The van der Waals surface area contributed by atoms with Gasteiger partial charge in [0.25, 0.3) is 0 Å². The molecular formula is C38H28N2O2S2. The van der Waals surface area contributed by atoms with E-state index in [1.165, 1.54) is 21.9 Å². The van der Waals surface area contributed by atoms with Crippen LogP contribution in [0.25, 0.3) is 22.4 Å². The number of nitriles is 1. The molecule has 2 heterocycles. The number of fused-ring (bicyclic) bond motifs is 4. The van der Waals surface area contributed by atoms with Crippen LogP contribution in [0.15, 0.2) is 108 Å². The third-order valence-electron chi connectivity index (χ3n) is 8.52. The number of ether oxygens (including phenoxy) is 1. The second-order valence-electron chi connectivity index (χ2n) is 11.4. The van der Waals surface area contributed by atoms with Gasteiger partial charge < -0.3 is 9.64 Å². The lowest BCUT2D eigenvalue weighted by Crippen LogP contribution is -2.29. The minimum Gasteiger partial charge on any atom is -0.462 e. The molecule has 4 aromatic carbocycles. The van der Waals surface area contributed by atoms with Crippen LogP contribution in [0.3, 0.4) is 0 Å². The number of thiocarbonyl (C=S) groups is 1. The van der Waals surface area contributed by atoms with Crippen LogP contribution in [0.2, 0.25) is 0 Å². The first-order chi connectivity index (χ1) is 21.3. The molecule has 2 aliphatic rings. The summed E-state index contributed by atoms with van der Waals surface area (Å²) in [5.74, 6) is -0.639. The maximum Gasteiger partial charge on any atom is 0.349 e. The number of hydrogen-bond donors (Lipinski definition) is 0. The van der Waals surface area contributed by atoms with E-state index in [9.17, 15) is 10.1 Å². The molecule has 0 unspecified atom stereocenters. The molecule has 1 aliphatic heterocycles. The molecule has 0 atom stereocenters. The molecule has 6 heteroatoms. The van der Waals surface area contributed by atoms with E-state index in [1.54, 1.807) is 18.3 Å². The van der Waals surface area contributed by atoms with E-state index in [0.717, 1.165) is 32.4 Å². The van der Waals surface area contributed by atoms with Gasteiger partial charge in [-0.2, -0.15) is 5.26 Å². The summed E-state index contributed by atoms with van der Waals surface area (Å²) in [4.78, 5) is 17.0. The van der Waals surface area contributed by atoms with Gasteiger partial charge in [0, 0.05) is 32.4 Å². The van der Waals surface area contributed by atoms with Crippen molar-refractivity contribution in [2.45, 2.75) is 26.2 Å². The molecule has 7 rings (SSSR count). The molecule has 214 valence electrons. The van der Waals surface area contributed by atoms with Crippen LogP contribution in [0.1, 0.15) is 47.9 Å². The van der Waals surface area contributed by atoms with Crippen LogP contribution in [-0.2, 0) is 14.9 Å². The monoisotopic (exact) mass is 608 g/mol. The lowest BCUT2D eigenvalue weighted by molar-refractivity contribution is -0.137. The van der Waals surface area contributed by atoms with Gasteiger partial charge in [-0.25, -0.2) is 4.79 Å². The summed E-state index contributed by atoms with van der Waals surface area (Å²) in [5, 5.41) is 13.6. The van der Waals surface area contributed by atoms with Crippen LogP contribution in [0.4, 0.5) is 16.4 Å². The molecule has 0 radical (unpaired) electrons. The lowest BCUT2D eigenvalue weighted by atomic mass is 9.75. The van der Waals surface area contributed by atoms with Gasteiger partial charge in [0.05, 0.1) is 22.8 Å². The molecule has 5 aromatic rings. The van der Waals surface area contributed by atoms with Crippen LogP contribution in [-0.4, -0.2) is 17.4 Å². The molecule has 0 saturated heterocycles. The van der Waals surface area contributed by atoms with Crippen LogP contribution in [0.5, 0.6) is 0 Å². The zero-order valence-corrected chi connectivity index (χ0v) is 26.2. The number of esters is 1. The fourth-order valence-electron chi connectivity index (χ4n) is 6.44. The van der Waals surface area contributed by atoms with Crippen molar-refractivity contribution >= 4 is 73.2 Å². The Morgan fingerprint density at radius 2 is 1.61 bits per heavy atom. The van der Waals surface area contributed by atoms with Gasteiger partial charge in [-0.05, 0) is 53.3 Å². The first kappa shape index (κ1) is 28.0. The zero-order chi connectivity index (χ0) is 30.6. The largest absolute Gasteiger partial charge is 0.462 e. The number of para-hydroxylation sites is 1. The summed E-state index contributed by atoms with van der Waals surface area (Å²) < 4.78 is 5.29. The third kappa shape index (κ3) is 4.23. The number of carbonyl (C=O) groups is 1. The van der Waals surface area contributed by atoms with Crippen LogP contribution < -0.4 is 4.90 Å². The highest BCUT2D eigenvalue weighted by Gasteiger charge is 2.39. The Morgan fingerprint density at radius 1 is 0.932 bits per heavy atom. The van der Waals surface area contributed by atoms with E-state index in [-0.39, 0.29) is 17.6 Å².